The Bertz CT molecular complexity index is 508. The van der Waals surface area contributed by atoms with Crippen molar-refractivity contribution in [2.45, 2.75) is 29.5 Å². The normalized spacial score (nSPS) is 17.1. The van der Waals surface area contributed by atoms with Gasteiger partial charge in [0.15, 0.2) is 0 Å². The third-order valence-corrected chi connectivity index (χ3v) is 8.20. The number of sulfonamides is 1. The zero-order valence-electron chi connectivity index (χ0n) is 9.40. The summed E-state index contributed by atoms with van der Waals surface area (Å²) >= 11 is 13.7. The second-order valence-corrected chi connectivity index (χ2v) is 9.76. The van der Waals surface area contributed by atoms with Crippen LogP contribution in [0.25, 0.3) is 0 Å². The first-order valence-corrected chi connectivity index (χ1v) is 10.0. The second-order valence-electron chi connectivity index (χ2n) is 4.08. The minimum Gasteiger partial charge on any atom is -0.206 e. The molecule has 2 rings (SSSR count). The summed E-state index contributed by atoms with van der Waals surface area (Å²) in [7, 11) is -3.42. The van der Waals surface area contributed by atoms with Gasteiger partial charge in [-0.2, -0.15) is 4.31 Å². The lowest BCUT2D eigenvalue weighted by Gasteiger charge is -2.35. The quantitative estimate of drug-likeness (QED) is 0.651. The summed E-state index contributed by atoms with van der Waals surface area (Å²) in [6.07, 6.45) is 3.01. The van der Waals surface area contributed by atoms with Crippen molar-refractivity contribution < 1.29 is 8.42 Å². The van der Waals surface area contributed by atoms with E-state index in [9.17, 15) is 8.42 Å². The molecular weight excluding hydrogens is 426 g/mol. The minimum atomic E-state index is -3.42. The van der Waals surface area contributed by atoms with E-state index < -0.39 is 10.0 Å². The summed E-state index contributed by atoms with van der Waals surface area (Å²) in [5.41, 5.74) is 0. The van der Waals surface area contributed by atoms with E-state index in [1.165, 1.54) is 17.4 Å². The van der Waals surface area contributed by atoms with Crippen molar-refractivity contribution in [3.8, 4) is 0 Å². The van der Waals surface area contributed by atoms with E-state index in [0.717, 1.165) is 19.3 Å². The fraction of sp³-hybridized carbons (Fsp3) is 0.600. The lowest BCUT2D eigenvalue weighted by Crippen LogP contribution is -2.44. The van der Waals surface area contributed by atoms with Gasteiger partial charge in [0.05, 0.1) is 8.81 Å². The van der Waals surface area contributed by atoms with Gasteiger partial charge in [-0.1, -0.05) is 34.0 Å². The Kier molecular flexibility index (Phi) is 5.17. The van der Waals surface area contributed by atoms with E-state index in [-0.39, 0.29) is 6.04 Å². The maximum atomic E-state index is 12.6. The summed E-state index contributed by atoms with van der Waals surface area (Å²) in [6.45, 7) is 0.500. The Morgan fingerprint density at radius 3 is 2.56 bits per heavy atom. The molecule has 1 aromatic rings. The lowest BCUT2D eigenvalue weighted by atomic mass is 9.93. The number of thiophene rings is 1. The van der Waals surface area contributed by atoms with E-state index in [1.54, 1.807) is 4.31 Å². The van der Waals surface area contributed by atoms with Gasteiger partial charge in [0, 0.05) is 17.9 Å². The molecule has 0 N–H and O–H groups in total. The molecule has 102 valence electrons. The van der Waals surface area contributed by atoms with Crippen LogP contribution in [-0.2, 0) is 10.0 Å². The molecule has 1 fully saturated rings. The Morgan fingerprint density at radius 1 is 1.50 bits per heavy atom. The molecule has 1 saturated carbocycles. The van der Waals surface area contributed by atoms with Gasteiger partial charge in [-0.05, 0) is 34.8 Å². The molecule has 0 unspecified atom stereocenters. The van der Waals surface area contributed by atoms with Crippen LogP contribution in [0.4, 0.5) is 0 Å². The van der Waals surface area contributed by atoms with Crippen LogP contribution in [0.15, 0.2) is 14.1 Å². The van der Waals surface area contributed by atoms with Crippen LogP contribution in [0.2, 0.25) is 5.02 Å². The lowest BCUT2D eigenvalue weighted by molar-refractivity contribution is 0.228. The Hall–Kier alpha value is 0.860. The molecule has 0 atom stereocenters. The predicted molar refractivity (Wildman–Crippen MR) is 82.4 cm³/mol. The fourth-order valence-corrected chi connectivity index (χ4v) is 6.66. The molecule has 18 heavy (non-hydrogen) atoms. The molecule has 1 heterocycles. The van der Waals surface area contributed by atoms with Gasteiger partial charge in [0.2, 0.25) is 0 Å². The molecule has 0 amide bonds. The zero-order chi connectivity index (χ0) is 13.3. The monoisotopic (exact) mass is 435 g/mol. The molecule has 0 aromatic carbocycles. The minimum absolute atomic E-state index is 0.146. The Balaban J connectivity index is 2.32. The summed E-state index contributed by atoms with van der Waals surface area (Å²) < 4.78 is 27.7. The van der Waals surface area contributed by atoms with Crippen LogP contribution in [0.1, 0.15) is 19.3 Å². The van der Waals surface area contributed by atoms with Crippen LogP contribution in [-0.4, -0.2) is 30.6 Å². The standard InChI is InChI=1S/C10H12Br2ClNO2S2/c11-4-5-14(7-2-1-3-7)18(15,16)9-6-8(13)10(12)17-9/h6-7H,1-5H2. The molecule has 1 aliphatic carbocycles. The molecule has 0 saturated heterocycles. The Morgan fingerprint density at radius 2 is 2.17 bits per heavy atom. The highest BCUT2D eigenvalue weighted by atomic mass is 79.9. The average Bonchev–Trinajstić information content (AvgIpc) is 2.57. The van der Waals surface area contributed by atoms with Gasteiger partial charge in [-0.25, -0.2) is 8.42 Å². The number of halogens is 3. The zero-order valence-corrected chi connectivity index (χ0v) is 15.0. The van der Waals surface area contributed by atoms with Gasteiger partial charge in [-0.15, -0.1) is 11.3 Å². The van der Waals surface area contributed by atoms with Crippen molar-refractivity contribution in [3.05, 3.63) is 14.9 Å². The topological polar surface area (TPSA) is 37.4 Å². The maximum absolute atomic E-state index is 12.6. The van der Waals surface area contributed by atoms with Gasteiger partial charge >= 0.3 is 0 Å². The summed E-state index contributed by atoms with van der Waals surface area (Å²) in [6, 6.07) is 1.66. The van der Waals surface area contributed by atoms with Gasteiger partial charge < -0.3 is 0 Å². The van der Waals surface area contributed by atoms with E-state index in [4.69, 9.17) is 11.6 Å². The molecule has 1 aliphatic rings. The first kappa shape index (κ1) is 15.3. The molecule has 3 nitrogen and oxygen atoms in total. The third kappa shape index (κ3) is 2.96. The summed E-state index contributed by atoms with van der Waals surface area (Å²) in [5.74, 6) is 0. The van der Waals surface area contributed by atoms with Crippen molar-refractivity contribution in [2.75, 3.05) is 11.9 Å². The van der Waals surface area contributed by atoms with E-state index >= 15 is 0 Å². The van der Waals surface area contributed by atoms with E-state index in [1.807, 2.05) is 0 Å². The number of nitrogens with zero attached hydrogens (tertiary/aromatic N) is 1. The van der Waals surface area contributed by atoms with Crippen molar-refractivity contribution >= 4 is 64.8 Å². The second kappa shape index (κ2) is 6.10. The third-order valence-electron chi connectivity index (χ3n) is 2.97. The smallest absolute Gasteiger partial charge is 0.206 e. The van der Waals surface area contributed by atoms with Gasteiger partial charge in [-0.3, -0.25) is 0 Å². The van der Waals surface area contributed by atoms with Crippen LogP contribution in [0.3, 0.4) is 0 Å². The van der Waals surface area contributed by atoms with Gasteiger partial charge in [0.25, 0.3) is 10.0 Å². The first-order chi connectivity index (χ1) is 8.46. The predicted octanol–water partition coefficient (Wildman–Crippen LogP) is 4.10. The first-order valence-electron chi connectivity index (χ1n) is 5.49. The molecular formula is C10H12Br2ClNO2S2. The SMILES string of the molecule is O=S(=O)(c1cc(Cl)c(Br)s1)N(CCBr)C1CCC1. The molecule has 0 radical (unpaired) electrons. The number of rotatable bonds is 5. The summed E-state index contributed by atoms with van der Waals surface area (Å²) in [4.78, 5) is 0. The molecule has 0 spiro atoms. The number of hydrogen-bond acceptors (Lipinski definition) is 3. The van der Waals surface area contributed by atoms with Gasteiger partial charge in [0.1, 0.15) is 4.21 Å². The van der Waals surface area contributed by atoms with Crippen molar-refractivity contribution in [1.29, 1.82) is 0 Å². The van der Waals surface area contributed by atoms with Crippen molar-refractivity contribution in [2.24, 2.45) is 0 Å². The van der Waals surface area contributed by atoms with Crippen LogP contribution >= 0.6 is 54.8 Å². The van der Waals surface area contributed by atoms with Crippen LogP contribution in [0.5, 0.6) is 0 Å². The van der Waals surface area contributed by atoms with Crippen LogP contribution in [0, 0.1) is 0 Å². The average molecular weight is 438 g/mol. The molecule has 8 heteroatoms. The fourth-order valence-electron chi connectivity index (χ4n) is 1.83. The molecule has 0 aliphatic heterocycles. The largest absolute Gasteiger partial charge is 0.252 e. The van der Waals surface area contributed by atoms with Crippen LogP contribution < -0.4 is 0 Å². The molecule has 1 aromatic heterocycles. The highest BCUT2D eigenvalue weighted by Crippen LogP contribution is 2.38. The van der Waals surface area contributed by atoms with E-state index in [0.29, 0.717) is 24.9 Å². The highest BCUT2D eigenvalue weighted by Gasteiger charge is 2.35. The van der Waals surface area contributed by atoms with Crippen molar-refractivity contribution in [1.82, 2.24) is 4.31 Å². The van der Waals surface area contributed by atoms with E-state index in [2.05, 4.69) is 31.9 Å². The molecule has 0 bridgehead atoms. The Labute approximate surface area is 133 Å². The maximum Gasteiger partial charge on any atom is 0.252 e. The number of hydrogen-bond donors (Lipinski definition) is 0. The van der Waals surface area contributed by atoms with Crippen molar-refractivity contribution in [3.63, 3.8) is 0 Å². The summed E-state index contributed by atoms with van der Waals surface area (Å²) in [5, 5.41) is 1.09. The number of alkyl halides is 1. The highest BCUT2D eigenvalue weighted by molar-refractivity contribution is 9.11.